The number of benzene rings is 1. The molecule has 0 amide bonds. The molecule has 1 aliphatic rings. The molecule has 0 aromatic heterocycles. The average molecular weight is 439 g/mol. The molecule has 0 saturated heterocycles. The Labute approximate surface area is 182 Å². The average Bonchev–Trinajstić information content (AvgIpc) is 2.60. The fourth-order valence-corrected chi connectivity index (χ4v) is 6.35. The highest BCUT2D eigenvalue weighted by Gasteiger charge is 2.43. The van der Waals surface area contributed by atoms with Gasteiger partial charge < -0.3 is 13.8 Å². The standard InChI is InChI=1S/C24H39O5P/c1-17(2)28-30(26,29-18(3)4)16-23(25)27-22-15-19(5)13-14-21(22)24(6,7)20-11-9-8-10-12-20/h8-12,17-19,21-22H,13-16H2,1-7H3/t19-,21-,22-/m1/s1. The van der Waals surface area contributed by atoms with Crippen molar-refractivity contribution in [3.63, 3.8) is 0 Å². The molecule has 3 atom stereocenters. The highest BCUT2D eigenvalue weighted by atomic mass is 31.2. The van der Waals surface area contributed by atoms with Gasteiger partial charge in [0, 0.05) is 5.92 Å². The molecule has 0 unspecified atom stereocenters. The van der Waals surface area contributed by atoms with Gasteiger partial charge in [-0.05, 0) is 57.4 Å². The summed E-state index contributed by atoms with van der Waals surface area (Å²) in [5, 5.41) is 0. The molecule has 1 aromatic carbocycles. The minimum absolute atomic E-state index is 0.140. The van der Waals surface area contributed by atoms with Crippen molar-refractivity contribution in [2.24, 2.45) is 11.8 Å². The summed E-state index contributed by atoms with van der Waals surface area (Å²) in [5.41, 5.74) is 1.10. The van der Waals surface area contributed by atoms with E-state index in [1.54, 1.807) is 27.7 Å². The fourth-order valence-electron chi connectivity index (χ4n) is 4.47. The zero-order valence-electron chi connectivity index (χ0n) is 19.6. The van der Waals surface area contributed by atoms with Crippen LogP contribution < -0.4 is 0 Å². The Morgan fingerprint density at radius 3 is 2.17 bits per heavy atom. The maximum Gasteiger partial charge on any atom is 0.342 e. The summed E-state index contributed by atoms with van der Waals surface area (Å²) in [4.78, 5) is 12.9. The summed E-state index contributed by atoms with van der Waals surface area (Å²) in [7, 11) is -3.56. The van der Waals surface area contributed by atoms with Crippen LogP contribution in [0.5, 0.6) is 0 Å². The van der Waals surface area contributed by atoms with Gasteiger partial charge in [-0.1, -0.05) is 57.5 Å². The SMILES string of the molecule is CC(C)OP(=O)(CC(=O)O[C@@H]1C[C@H](C)CC[C@H]1C(C)(C)c1ccccc1)OC(C)C. The first-order valence-corrected chi connectivity index (χ1v) is 12.9. The molecule has 2 rings (SSSR count). The summed E-state index contributed by atoms with van der Waals surface area (Å²) < 4.78 is 30.1. The third-order valence-corrected chi connectivity index (χ3v) is 7.98. The second-order valence-corrected chi connectivity index (χ2v) is 11.7. The number of rotatable bonds is 9. The van der Waals surface area contributed by atoms with Crippen LogP contribution in [0.15, 0.2) is 30.3 Å². The first-order chi connectivity index (χ1) is 13.9. The van der Waals surface area contributed by atoms with Gasteiger partial charge in [0.05, 0.1) is 12.2 Å². The van der Waals surface area contributed by atoms with Gasteiger partial charge in [0.25, 0.3) is 0 Å². The predicted molar refractivity (Wildman–Crippen MR) is 121 cm³/mol. The van der Waals surface area contributed by atoms with Crippen LogP contribution in [0, 0.1) is 11.8 Å². The third-order valence-electron chi connectivity index (χ3n) is 5.85. The van der Waals surface area contributed by atoms with Crippen molar-refractivity contribution in [3.05, 3.63) is 35.9 Å². The number of hydrogen-bond acceptors (Lipinski definition) is 5. The van der Waals surface area contributed by atoms with E-state index in [4.69, 9.17) is 13.8 Å². The van der Waals surface area contributed by atoms with E-state index in [0.717, 1.165) is 19.3 Å². The molecule has 30 heavy (non-hydrogen) atoms. The van der Waals surface area contributed by atoms with Gasteiger partial charge in [-0.3, -0.25) is 9.36 Å². The van der Waals surface area contributed by atoms with Gasteiger partial charge in [0.1, 0.15) is 12.3 Å². The molecule has 1 aliphatic carbocycles. The van der Waals surface area contributed by atoms with E-state index in [-0.39, 0.29) is 35.8 Å². The van der Waals surface area contributed by atoms with Crippen LogP contribution in [0.1, 0.15) is 73.3 Å². The first-order valence-electron chi connectivity index (χ1n) is 11.1. The monoisotopic (exact) mass is 438 g/mol. The molecular weight excluding hydrogens is 399 g/mol. The Bertz CT molecular complexity index is 714. The Morgan fingerprint density at radius 1 is 1.07 bits per heavy atom. The molecule has 1 aromatic rings. The van der Waals surface area contributed by atoms with Gasteiger partial charge in [-0.2, -0.15) is 0 Å². The lowest BCUT2D eigenvalue weighted by Gasteiger charge is -2.44. The smallest absolute Gasteiger partial charge is 0.342 e. The number of ether oxygens (including phenoxy) is 1. The van der Waals surface area contributed by atoms with Gasteiger partial charge >= 0.3 is 13.6 Å². The van der Waals surface area contributed by atoms with Gasteiger partial charge in [0.15, 0.2) is 0 Å². The van der Waals surface area contributed by atoms with E-state index in [1.807, 2.05) is 18.2 Å². The van der Waals surface area contributed by atoms with Crippen molar-refractivity contribution >= 4 is 13.6 Å². The predicted octanol–water partition coefficient (Wildman–Crippen LogP) is 6.36. The first kappa shape index (κ1) is 25.1. The van der Waals surface area contributed by atoms with Crippen LogP contribution in [-0.2, 0) is 28.6 Å². The molecule has 1 saturated carbocycles. The Balaban J connectivity index is 2.17. The summed E-state index contributed by atoms with van der Waals surface area (Å²) >= 11 is 0. The van der Waals surface area contributed by atoms with Crippen LogP contribution in [0.4, 0.5) is 0 Å². The number of carbonyl (C=O) groups excluding carboxylic acids is 1. The number of esters is 1. The van der Waals surface area contributed by atoms with E-state index in [9.17, 15) is 9.36 Å². The lowest BCUT2D eigenvalue weighted by molar-refractivity contribution is -0.153. The lowest BCUT2D eigenvalue weighted by Crippen LogP contribution is -2.43. The topological polar surface area (TPSA) is 61.8 Å². The van der Waals surface area contributed by atoms with E-state index in [1.165, 1.54) is 5.56 Å². The van der Waals surface area contributed by atoms with Crippen LogP contribution in [0.3, 0.4) is 0 Å². The quantitative estimate of drug-likeness (QED) is 0.332. The van der Waals surface area contributed by atoms with Crippen molar-refractivity contribution in [2.75, 3.05) is 6.16 Å². The lowest BCUT2D eigenvalue weighted by atomic mass is 9.64. The van der Waals surface area contributed by atoms with Crippen molar-refractivity contribution < 1.29 is 23.1 Å². The molecular formula is C24H39O5P. The van der Waals surface area contributed by atoms with E-state index < -0.39 is 13.6 Å². The summed E-state index contributed by atoms with van der Waals surface area (Å²) in [6.45, 7) is 13.8. The molecule has 1 fully saturated rings. The van der Waals surface area contributed by atoms with Crippen LogP contribution in [0.2, 0.25) is 0 Å². The third kappa shape index (κ3) is 6.93. The summed E-state index contributed by atoms with van der Waals surface area (Å²) in [5.74, 6) is 0.167. The highest BCUT2D eigenvalue weighted by Crippen LogP contribution is 2.51. The molecule has 0 radical (unpaired) electrons. The van der Waals surface area contributed by atoms with E-state index in [0.29, 0.717) is 5.92 Å². The molecule has 6 heteroatoms. The zero-order valence-corrected chi connectivity index (χ0v) is 20.5. The molecule has 5 nitrogen and oxygen atoms in total. The largest absolute Gasteiger partial charge is 0.462 e. The van der Waals surface area contributed by atoms with Crippen molar-refractivity contribution in [1.82, 2.24) is 0 Å². The van der Waals surface area contributed by atoms with Crippen LogP contribution in [0.25, 0.3) is 0 Å². The zero-order chi connectivity index (χ0) is 22.5. The fraction of sp³-hybridized carbons (Fsp3) is 0.708. The second-order valence-electron chi connectivity index (χ2n) is 9.72. The molecule has 0 bridgehead atoms. The van der Waals surface area contributed by atoms with Crippen molar-refractivity contribution in [3.8, 4) is 0 Å². The maximum atomic E-state index is 13.1. The molecule has 170 valence electrons. The minimum atomic E-state index is -3.56. The molecule has 0 heterocycles. The normalized spacial score (nSPS) is 23.0. The minimum Gasteiger partial charge on any atom is -0.462 e. The summed E-state index contributed by atoms with van der Waals surface area (Å²) in [6, 6.07) is 10.4. The molecule has 0 N–H and O–H groups in total. The van der Waals surface area contributed by atoms with Crippen molar-refractivity contribution in [1.29, 1.82) is 0 Å². The summed E-state index contributed by atoms with van der Waals surface area (Å²) in [6.07, 6.45) is 1.73. The Hall–Kier alpha value is -1.16. The highest BCUT2D eigenvalue weighted by molar-refractivity contribution is 7.54. The van der Waals surface area contributed by atoms with Gasteiger partial charge in [0.2, 0.25) is 0 Å². The Kier molecular flexibility index (Phi) is 8.73. The number of carbonyl (C=O) groups is 1. The van der Waals surface area contributed by atoms with Crippen molar-refractivity contribution in [2.45, 2.75) is 91.5 Å². The molecule has 0 aliphatic heterocycles. The van der Waals surface area contributed by atoms with E-state index >= 15 is 0 Å². The number of hydrogen-bond donors (Lipinski definition) is 0. The molecule has 0 spiro atoms. The van der Waals surface area contributed by atoms with Gasteiger partial charge in [-0.15, -0.1) is 0 Å². The van der Waals surface area contributed by atoms with E-state index in [2.05, 4.69) is 32.9 Å². The Morgan fingerprint density at radius 2 is 1.63 bits per heavy atom. The van der Waals surface area contributed by atoms with Gasteiger partial charge in [-0.25, -0.2) is 0 Å². The second kappa shape index (κ2) is 10.4. The van der Waals surface area contributed by atoms with Crippen LogP contribution >= 0.6 is 7.60 Å². The van der Waals surface area contributed by atoms with Crippen LogP contribution in [-0.4, -0.2) is 30.4 Å². The maximum absolute atomic E-state index is 13.1.